The number of fused-ring (bicyclic) bond motifs is 2. The van der Waals surface area contributed by atoms with Gasteiger partial charge >= 0.3 is 0 Å². The van der Waals surface area contributed by atoms with Crippen LogP contribution in [0.2, 0.25) is 0 Å². The summed E-state index contributed by atoms with van der Waals surface area (Å²) in [5, 5.41) is 9.41. The number of hydrogen-bond acceptors (Lipinski definition) is 7. The van der Waals surface area contributed by atoms with Crippen molar-refractivity contribution in [1.29, 1.82) is 5.26 Å². The van der Waals surface area contributed by atoms with Gasteiger partial charge in [0.25, 0.3) is 11.5 Å². The van der Waals surface area contributed by atoms with Crippen LogP contribution < -0.4 is 25.0 Å². The van der Waals surface area contributed by atoms with Gasteiger partial charge in [-0.25, -0.2) is 4.98 Å². The number of nitriles is 1. The van der Waals surface area contributed by atoms with Crippen LogP contribution in [0, 0.1) is 17.2 Å². The Morgan fingerprint density at radius 2 is 1.77 bits per heavy atom. The molecule has 2 aliphatic carbocycles. The van der Waals surface area contributed by atoms with Crippen LogP contribution in [-0.4, -0.2) is 54.8 Å². The van der Waals surface area contributed by atoms with Gasteiger partial charge < -0.3 is 24.0 Å². The van der Waals surface area contributed by atoms with Gasteiger partial charge in [0, 0.05) is 51.5 Å². The largest absolute Gasteiger partial charge is 0.482 e. The van der Waals surface area contributed by atoms with Crippen molar-refractivity contribution in [2.45, 2.75) is 50.6 Å². The lowest BCUT2D eigenvalue weighted by Gasteiger charge is -2.42. The fourth-order valence-electron chi connectivity index (χ4n) is 6.08. The van der Waals surface area contributed by atoms with Gasteiger partial charge in [-0.2, -0.15) is 5.26 Å². The van der Waals surface area contributed by atoms with Gasteiger partial charge in [0.15, 0.2) is 6.61 Å². The van der Waals surface area contributed by atoms with Gasteiger partial charge in [-0.05, 0) is 74.8 Å². The van der Waals surface area contributed by atoms with E-state index < -0.39 is 0 Å². The second-order valence-electron chi connectivity index (χ2n) is 11.2. The number of likely N-dealkylation sites (N-methyl/N-ethyl adjacent to an activating group) is 1. The Hall–Kier alpha value is -4.06. The van der Waals surface area contributed by atoms with Gasteiger partial charge in [0.1, 0.15) is 23.0 Å². The van der Waals surface area contributed by atoms with Crippen LogP contribution in [0.1, 0.15) is 44.2 Å². The number of pyridine rings is 2. The van der Waals surface area contributed by atoms with E-state index in [1.54, 1.807) is 34.7 Å². The summed E-state index contributed by atoms with van der Waals surface area (Å²) >= 11 is 0. The van der Waals surface area contributed by atoms with Crippen molar-refractivity contribution in [1.82, 2.24) is 9.55 Å². The normalized spacial score (nSPS) is 20.8. The predicted molar refractivity (Wildman–Crippen MR) is 152 cm³/mol. The summed E-state index contributed by atoms with van der Waals surface area (Å²) in [7, 11) is 5.59. The average molecular weight is 527 g/mol. The molecule has 0 radical (unpaired) electrons. The third-order valence-corrected chi connectivity index (χ3v) is 8.73. The Labute approximate surface area is 228 Å². The molecule has 0 atom stereocenters. The van der Waals surface area contributed by atoms with Crippen molar-refractivity contribution in [3.63, 3.8) is 0 Å². The summed E-state index contributed by atoms with van der Waals surface area (Å²) in [6, 6.07) is 14.2. The van der Waals surface area contributed by atoms with Crippen LogP contribution in [0.3, 0.4) is 0 Å². The first-order chi connectivity index (χ1) is 18.8. The Morgan fingerprint density at radius 3 is 2.49 bits per heavy atom. The fraction of sp³-hybridized carbons (Fsp3) is 0.467. The van der Waals surface area contributed by atoms with Crippen molar-refractivity contribution in [3.05, 3.63) is 52.4 Å². The molecule has 0 spiro atoms. The van der Waals surface area contributed by atoms with Crippen LogP contribution in [0.15, 0.2) is 41.2 Å². The highest BCUT2D eigenvalue weighted by atomic mass is 16.5. The predicted octanol–water partition coefficient (Wildman–Crippen LogP) is 3.82. The maximum atomic E-state index is 12.8. The number of ether oxygens (including phenoxy) is 1. The van der Waals surface area contributed by atoms with Crippen molar-refractivity contribution in [3.8, 4) is 11.8 Å². The molecule has 0 unspecified atom stereocenters. The fourth-order valence-corrected chi connectivity index (χ4v) is 6.08. The van der Waals surface area contributed by atoms with E-state index in [2.05, 4.69) is 33.0 Å². The molecule has 1 aliphatic heterocycles. The Morgan fingerprint density at radius 1 is 1.03 bits per heavy atom. The molecule has 2 aromatic heterocycles. The number of carbonyl (C=O) groups is 1. The lowest BCUT2D eigenvalue weighted by molar-refractivity contribution is -0.120. The van der Waals surface area contributed by atoms with E-state index in [0.29, 0.717) is 17.3 Å². The second kappa shape index (κ2) is 9.92. The number of hydrogen-bond donors (Lipinski definition) is 0. The number of nitrogens with zero attached hydrogens (tertiary/aromatic N) is 6. The summed E-state index contributed by atoms with van der Waals surface area (Å²) in [5.74, 6) is 1.45. The van der Waals surface area contributed by atoms with Gasteiger partial charge in [-0.15, -0.1) is 0 Å². The first kappa shape index (κ1) is 25.2. The highest BCUT2D eigenvalue weighted by Crippen LogP contribution is 2.40. The molecule has 3 heterocycles. The van der Waals surface area contributed by atoms with E-state index in [4.69, 9.17) is 4.74 Å². The molecule has 2 fully saturated rings. The topological polar surface area (TPSA) is 94.7 Å². The Kier molecular flexibility index (Phi) is 6.42. The van der Waals surface area contributed by atoms with Crippen molar-refractivity contribution in [2.75, 3.05) is 41.9 Å². The zero-order chi connectivity index (χ0) is 27.3. The molecule has 2 saturated carbocycles. The first-order valence-corrected chi connectivity index (χ1v) is 13.8. The number of carbonyl (C=O) groups excluding carboxylic acids is 1. The monoisotopic (exact) mass is 526 g/mol. The number of amides is 1. The second-order valence-corrected chi connectivity index (χ2v) is 11.2. The van der Waals surface area contributed by atoms with Crippen molar-refractivity contribution < 1.29 is 9.53 Å². The minimum Gasteiger partial charge on any atom is -0.482 e. The standard InChI is InChI=1S/C30H34N6O3/c1-33(26-15-28(37)34(2)24-12-6-20(16-31)32-30(24)26)21-7-9-22(10-8-21)36(17-19-4-5-19)23-11-13-27-25(14-23)35(3)29(38)18-39-27/h6,11-15,19,21-22H,4-5,7-10,17-18H2,1-3H3. The SMILES string of the molecule is CN1C(=O)COc2ccc(N(CC3CC3)C3CCC(N(C)c4cc(=O)n(C)c5ccc(C#N)nc45)CC3)cc21. The number of aromatic nitrogens is 2. The maximum absolute atomic E-state index is 12.8. The van der Waals surface area contributed by atoms with Crippen molar-refractivity contribution in [2.24, 2.45) is 13.0 Å². The van der Waals surface area contributed by atoms with Crippen LogP contribution in [-0.2, 0) is 11.8 Å². The number of aryl methyl sites for hydroxylation is 1. The maximum Gasteiger partial charge on any atom is 0.264 e. The average Bonchev–Trinajstić information content (AvgIpc) is 3.79. The van der Waals surface area contributed by atoms with Crippen LogP contribution in [0.5, 0.6) is 5.75 Å². The Bertz CT molecular complexity index is 1530. The minimum absolute atomic E-state index is 0.0309. The Balaban J connectivity index is 1.23. The molecule has 0 bridgehead atoms. The summed E-state index contributed by atoms with van der Waals surface area (Å²) in [4.78, 5) is 36.0. The lowest BCUT2D eigenvalue weighted by Crippen LogP contribution is -2.44. The van der Waals surface area contributed by atoms with Gasteiger partial charge in [0.05, 0.1) is 16.9 Å². The smallest absolute Gasteiger partial charge is 0.264 e. The molecule has 0 saturated heterocycles. The lowest BCUT2D eigenvalue weighted by atomic mass is 9.88. The quantitative estimate of drug-likeness (QED) is 0.482. The van der Waals surface area contributed by atoms with Gasteiger partial charge in [0.2, 0.25) is 0 Å². The molecule has 3 aliphatic rings. The third kappa shape index (κ3) is 4.69. The number of rotatable bonds is 6. The molecule has 1 aromatic carbocycles. The van der Waals surface area contributed by atoms with E-state index in [1.165, 1.54) is 12.8 Å². The summed E-state index contributed by atoms with van der Waals surface area (Å²) in [5.41, 5.74) is 4.44. The zero-order valence-corrected chi connectivity index (χ0v) is 22.8. The molecule has 202 valence electrons. The third-order valence-electron chi connectivity index (χ3n) is 8.73. The summed E-state index contributed by atoms with van der Waals surface area (Å²) in [6.07, 6.45) is 6.59. The van der Waals surface area contributed by atoms with Crippen molar-refractivity contribution >= 4 is 34.0 Å². The number of anilines is 3. The highest BCUT2D eigenvalue weighted by molar-refractivity contribution is 5.98. The highest BCUT2D eigenvalue weighted by Gasteiger charge is 2.33. The molecule has 39 heavy (non-hydrogen) atoms. The molecule has 3 aromatic rings. The van der Waals surface area contributed by atoms with E-state index in [-0.39, 0.29) is 24.1 Å². The van der Waals surface area contributed by atoms with Gasteiger partial charge in [-0.3, -0.25) is 9.59 Å². The van der Waals surface area contributed by atoms with E-state index >= 15 is 0 Å². The summed E-state index contributed by atoms with van der Waals surface area (Å²) < 4.78 is 7.25. The van der Waals surface area contributed by atoms with Gasteiger partial charge in [-0.1, -0.05) is 0 Å². The molecular weight excluding hydrogens is 492 g/mol. The first-order valence-electron chi connectivity index (χ1n) is 13.8. The minimum atomic E-state index is -0.0833. The van der Waals surface area contributed by atoms with Crippen LogP contribution in [0.4, 0.5) is 17.1 Å². The van der Waals surface area contributed by atoms with E-state index in [0.717, 1.165) is 66.5 Å². The molecular formula is C30H34N6O3. The zero-order valence-electron chi connectivity index (χ0n) is 22.8. The van der Waals surface area contributed by atoms with E-state index in [9.17, 15) is 14.9 Å². The molecule has 1 amide bonds. The molecule has 9 heteroatoms. The molecule has 6 rings (SSSR count). The molecule has 9 nitrogen and oxygen atoms in total. The van der Waals surface area contributed by atoms with Crippen LogP contribution in [0.25, 0.3) is 11.0 Å². The van der Waals surface area contributed by atoms with Crippen LogP contribution >= 0.6 is 0 Å². The number of benzene rings is 1. The molecule has 0 N–H and O–H groups in total. The summed E-state index contributed by atoms with van der Waals surface area (Å²) in [6.45, 7) is 1.12. The van der Waals surface area contributed by atoms with E-state index in [1.807, 2.05) is 20.2 Å².